The van der Waals surface area contributed by atoms with Crippen LogP contribution in [0, 0.1) is 6.07 Å². The van der Waals surface area contributed by atoms with Gasteiger partial charge in [0.05, 0.1) is 11.2 Å². The zero-order chi connectivity index (χ0) is 14.8. The standard InChI is InChI=1S/C21H14N/c1-2-6-16(7-3-1)17-10-12-19(13-11-17)21-15-14-18-8-4-5-9-20(18)22-21/h1-13,15H. The van der Waals surface area contributed by atoms with Gasteiger partial charge in [-0.1, -0.05) is 72.8 Å². The topological polar surface area (TPSA) is 12.9 Å². The number of hydrogen-bond acceptors (Lipinski definition) is 1. The highest BCUT2D eigenvalue weighted by atomic mass is 14.7. The molecular weight excluding hydrogens is 266 g/mol. The van der Waals surface area contributed by atoms with E-state index < -0.39 is 0 Å². The Balaban J connectivity index is 1.73. The predicted molar refractivity (Wildman–Crippen MR) is 91.5 cm³/mol. The van der Waals surface area contributed by atoms with E-state index in [1.807, 2.05) is 36.4 Å². The summed E-state index contributed by atoms with van der Waals surface area (Å²) in [5, 5.41) is 1.05. The van der Waals surface area contributed by atoms with E-state index in [1.165, 1.54) is 11.1 Å². The molecule has 4 rings (SSSR count). The normalized spacial score (nSPS) is 10.7. The molecule has 4 aromatic rings. The Morgan fingerprint density at radius 1 is 0.591 bits per heavy atom. The van der Waals surface area contributed by atoms with Gasteiger partial charge in [0.25, 0.3) is 0 Å². The van der Waals surface area contributed by atoms with Crippen molar-refractivity contribution >= 4 is 10.9 Å². The zero-order valence-corrected chi connectivity index (χ0v) is 12.0. The van der Waals surface area contributed by atoms with Gasteiger partial charge in [-0.15, -0.1) is 0 Å². The minimum Gasteiger partial charge on any atom is -0.248 e. The van der Waals surface area contributed by atoms with E-state index in [1.54, 1.807) is 0 Å². The fraction of sp³-hybridized carbons (Fsp3) is 0. The molecule has 0 saturated carbocycles. The van der Waals surface area contributed by atoms with Crippen LogP contribution >= 0.6 is 0 Å². The highest BCUT2D eigenvalue weighted by Crippen LogP contribution is 2.24. The molecule has 0 aliphatic heterocycles. The van der Waals surface area contributed by atoms with Crippen molar-refractivity contribution in [3.63, 3.8) is 0 Å². The van der Waals surface area contributed by atoms with Gasteiger partial charge in [-0.25, -0.2) is 4.98 Å². The van der Waals surface area contributed by atoms with Crippen molar-refractivity contribution in [3.05, 3.63) is 91.0 Å². The first-order chi connectivity index (χ1) is 10.9. The number of para-hydroxylation sites is 1. The second kappa shape index (κ2) is 5.45. The Hall–Kier alpha value is -2.93. The van der Waals surface area contributed by atoms with Gasteiger partial charge in [0.1, 0.15) is 0 Å². The van der Waals surface area contributed by atoms with E-state index in [9.17, 15) is 0 Å². The molecule has 1 heteroatoms. The minimum atomic E-state index is 0.957. The van der Waals surface area contributed by atoms with Gasteiger partial charge >= 0.3 is 0 Å². The van der Waals surface area contributed by atoms with E-state index in [0.29, 0.717) is 0 Å². The smallest absolute Gasteiger partial charge is 0.0715 e. The third-order valence-corrected chi connectivity index (χ3v) is 3.80. The summed E-state index contributed by atoms with van der Waals surface area (Å²) >= 11 is 0. The molecule has 0 spiro atoms. The van der Waals surface area contributed by atoms with Crippen LogP contribution < -0.4 is 0 Å². The largest absolute Gasteiger partial charge is 0.248 e. The quantitative estimate of drug-likeness (QED) is 0.481. The average Bonchev–Trinajstić information content (AvgIpc) is 2.62. The van der Waals surface area contributed by atoms with Crippen LogP contribution in [0.25, 0.3) is 33.3 Å². The maximum atomic E-state index is 4.72. The second-order valence-corrected chi connectivity index (χ2v) is 5.25. The van der Waals surface area contributed by atoms with Crippen LogP contribution in [0.4, 0.5) is 0 Å². The summed E-state index contributed by atoms with van der Waals surface area (Å²) in [5.41, 5.74) is 5.49. The highest BCUT2D eigenvalue weighted by molar-refractivity contribution is 5.81. The van der Waals surface area contributed by atoms with E-state index >= 15 is 0 Å². The fourth-order valence-corrected chi connectivity index (χ4v) is 2.61. The van der Waals surface area contributed by atoms with Crippen LogP contribution in [0.2, 0.25) is 0 Å². The van der Waals surface area contributed by atoms with Crippen LogP contribution in [0.3, 0.4) is 0 Å². The van der Waals surface area contributed by atoms with Crippen LogP contribution in [-0.2, 0) is 0 Å². The molecule has 22 heavy (non-hydrogen) atoms. The van der Waals surface area contributed by atoms with Crippen molar-refractivity contribution in [3.8, 4) is 22.4 Å². The molecule has 1 aromatic heterocycles. The Kier molecular flexibility index (Phi) is 3.17. The molecule has 0 N–H and O–H groups in total. The SMILES string of the molecule is [c]1cc(-c2ccc(-c3ccccc3)cc2)nc2ccccc12. The minimum absolute atomic E-state index is 0.957. The second-order valence-electron chi connectivity index (χ2n) is 5.25. The Morgan fingerprint density at radius 3 is 2.05 bits per heavy atom. The Morgan fingerprint density at radius 2 is 1.23 bits per heavy atom. The molecule has 0 atom stereocenters. The van der Waals surface area contributed by atoms with Crippen molar-refractivity contribution in [2.45, 2.75) is 0 Å². The molecule has 0 unspecified atom stereocenters. The lowest BCUT2D eigenvalue weighted by atomic mass is 10.0. The first-order valence-electron chi connectivity index (χ1n) is 7.33. The molecule has 103 valence electrons. The molecular formula is C21H14N. The van der Waals surface area contributed by atoms with Crippen LogP contribution in [0.5, 0.6) is 0 Å². The van der Waals surface area contributed by atoms with Crippen molar-refractivity contribution in [2.24, 2.45) is 0 Å². The van der Waals surface area contributed by atoms with Gasteiger partial charge in [-0.2, -0.15) is 0 Å². The number of aromatic nitrogens is 1. The van der Waals surface area contributed by atoms with Crippen LogP contribution in [-0.4, -0.2) is 4.98 Å². The Labute approximate surface area is 129 Å². The fourth-order valence-electron chi connectivity index (χ4n) is 2.61. The summed E-state index contributed by atoms with van der Waals surface area (Å²) in [6, 6.07) is 32.2. The van der Waals surface area contributed by atoms with Crippen molar-refractivity contribution in [2.75, 3.05) is 0 Å². The third-order valence-electron chi connectivity index (χ3n) is 3.80. The summed E-state index contributed by atoms with van der Waals surface area (Å²) < 4.78 is 0. The number of benzene rings is 3. The Bertz CT molecular complexity index is 909. The lowest BCUT2D eigenvalue weighted by molar-refractivity contribution is 1.40. The first-order valence-corrected chi connectivity index (χ1v) is 7.33. The van der Waals surface area contributed by atoms with Gasteiger partial charge in [0, 0.05) is 10.9 Å². The number of hydrogen-bond donors (Lipinski definition) is 0. The van der Waals surface area contributed by atoms with Crippen LogP contribution in [0.1, 0.15) is 0 Å². The molecule has 0 amide bonds. The summed E-state index contributed by atoms with van der Waals surface area (Å²) in [6.45, 7) is 0. The number of pyridine rings is 1. The summed E-state index contributed by atoms with van der Waals surface area (Å²) in [5.74, 6) is 0. The van der Waals surface area contributed by atoms with Gasteiger partial charge in [-0.3, -0.25) is 0 Å². The van der Waals surface area contributed by atoms with Crippen LogP contribution in [0.15, 0.2) is 84.9 Å². The molecule has 1 nitrogen and oxygen atoms in total. The summed E-state index contributed by atoms with van der Waals surface area (Å²) in [4.78, 5) is 4.72. The maximum Gasteiger partial charge on any atom is 0.0715 e. The van der Waals surface area contributed by atoms with Crippen molar-refractivity contribution < 1.29 is 0 Å². The van der Waals surface area contributed by atoms with Gasteiger partial charge in [-0.05, 0) is 29.3 Å². The monoisotopic (exact) mass is 280 g/mol. The third kappa shape index (κ3) is 2.38. The van der Waals surface area contributed by atoms with Crippen molar-refractivity contribution in [1.82, 2.24) is 4.98 Å². The molecule has 0 aliphatic carbocycles. The lowest BCUT2D eigenvalue weighted by Crippen LogP contribution is -1.86. The summed E-state index contributed by atoms with van der Waals surface area (Å²) in [7, 11) is 0. The number of nitrogens with zero attached hydrogens (tertiary/aromatic N) is 1. The molecule has 3 aromatic carbocycles. The molecule has 1 heterocycles. The van der Waals surface area contributed by atoms with Gasteiger partial charge in [0.15, 0.2) is 0 Å². The number of fused-ring (bicyclic) bond motifs is 1. The highest BCUT2D eigenvalue weighted by Gasteiger charge is 2.02. The zero-order valence-electron chi connectivity index (χ0n) is 12.0. The van der Waals surface area contributed by atoms with E-state index in [0.717, 1.165) is 22.2 Å². The molecule has 0 fully saturated rings. The summed E-state index contributed by atoms with van der Waals surface area (Å²) in [6.07, 6.45) is 0. The first kappa shape index (κ1) is 12.8. The predicted octanol–water partition coefficient (Wildman–Crippen LogP) is 5.37. The van der Waals surface area contributed by atoms with Gasteiger partial charge in [0.2, 0.25) is 0 Å². The molecule has 1 radical (unpaired) electrons. The maximum absolute atomic E-state index is 4.72. The lowest BCUT2D eigenvalue weighted by Gasteiger charge is -2.05. The van der Waals surface area contributed by atoms with E-state index in [4.69, 9.17) is 4.98 Å². The van der Waals surface area contributed by atoms with E-state index in [-0.39, 0.29) is 0 Å². The van der Waals surface area contributed by atoms with Crippen molar-refractivity contribution in [1.29, 1.82) is 0 Å². The number of rotatable bonds is 2. The molecule has 0 aliphatic rings. The van der Waals surface area contributed by atoms with Gasteiger partial charge < -0.3 is 0 Å². The molecule has 0 saturated heterocycles. The molecule has 0 bridgehead atoms. The van der Waals surface area contributed by atoms with E-state index in [2.05, 4.69) is 54.6 Å². The average molecular weight is 280 g/mol.